The maximum absolute atomic E-state index is 13.1. The Morgan fingerprint density at radius 3 is 2.67 bits per heavy atom. The minimum Gasteiger partial charge on any atom is -0.497 e. The minimum atomic E-state index is -0.113. The van der Waals surface area contributed by atoms with Gasteiger partial charge in [0.1, 0.15) is 11.5 Å². The van der Waals surface area contributed by atoms with Crippen LogP contribution in [0.2, 0.25) is 5.02 Å². The van der Waals surface area contributed by atoms with Gasteiger partial charge in [-0.2, -0.15) is 4.98 Å². The van der Waals surface area contributed by atoms with Crippen molar-refractivity contribution in [3.05, 3.63) is 70.9 Å². The summed E-state index contributed by atoms with van der Waals surface area (Å²) in [4.78, 5) is 20.8. The first-order valence-electron chi connectivity index (χ1n) is 11.6. The van der Waals surface area contributed by atoms with Crippen molar-refractivity contribution in [3.8, 4) is 28.0 Å². The number of halogens is 1. The van der Waals surface area contributed by atoms with Crippen LogP contribution in [-0.2, 0) is 11.3 Å². The number of carbonyl (C=O) groups is 1. The molecule has 1 amide bonds. The van der Waals surface area contributed by atoms with Crippen molar-refractivity contribution in [2.75, 3.05) is 25.5 Å². The Kier molecular flexibility index (Phi) is 7.50. The number of benzene rings is 2. The lowest BCUT2D eigenvalue weighted by Crippen LogP contribution is -2.37. The molecular formula is C26H25ClN4O4S. The number of hydrogen-bond acceptors (Lipinski definition) is 8. The van der Waals surface area contributed by atoms with E-state index in [1.54, 1.807) is 36.6 Å². The van der Waals surface area contributed by atoms with Gasteiger partial charge in [-0.25, -0.2) is 0 Å². The number of carbonyl (C=O) groups excluding carboxylic acids is 1. The van der Waals surface area contributed by atoms with Gasteiger partial charge in [0.05, 0.1) is 24.2 Å². The third-order valence-corrected chi connectivity index (χ3v) is 7.11. The van der Waals surface area contributed by atoms with E-state index in [1.165, 1.54) is 0 Å². The number of thiophene rings is 1. The first kappa shape index (κ1) is 24.3. The van der Waals surface area contributed by atoms with E-state index in [1.807, 2.05) is 41.8 Å². The predicted molar refractivity (Wildman–Crippen MR) is 139 cm³/mol. The molecule has 2 aromatic heterocycles. The normalized spacial score (nSPS) is 14.5. The second-order valence-corrected chi connectivity index (χ2v) is 9.83. The molecule has 186 valence electrons. The Bertz CT molecular complexity index is 1300. The quantitative estimate of drug-likeness (QED) is 0.297. The number of ether oxygens (including phenoxy) is 2. The van der Waals surface area contributed by atoms with Crippen molar-refractivity contribution in [2.45, 2.75) is 19.4 Å². The van der Waals surface area contributed by atoms with Crippen LogP contribution in [-0.4, -0.2) is 41.1 Å². The third kappa shape index (κ3) is 5.87. The number of rotatable bonds is 8. The average molecular weight is 525 g/mol. The molecule has 1 aliphatic rings. The van der Waals surface area contributed by atoms with Gasteiger partial charge in [-0.05, 0) is 79.8 Å². The molecule has 0 spiro atoms. The first-order valence-corrected chi connectivity index (χ1v) is 12.8. The summed E-state index contributed by atoms with van der Waals surface area (Å²) in [7, 11) is 1.61. The van der Waals surface area contributed by atoms with E-state index >= 15 is 0 Å². The number of methoxy groups -OCH3 is 1. The first-order chi connectivity index (χ1) is 17.6. The number of nitrogens with one attached hydrogen (secondary N) is 1. The molecule has 1 fully saturated rings. The molecule has 0 unspecified atom stereocenters. The van der Waals surface area contributed by atoms with Gasteiger partial charge in [-0.1, -0.05) is 22.8 Å². The van der Waals surface area contributed by atoms with E-state index in [2.05, 4.69) is 20.4 Å². The van der Waals surface area contributed by atoms with Gasteiger partial charge in [0, 0.05) is 10.9 Å². The molecule has 1 N–H and O–H groups in total. The number of amides is 1. The van der Waals surface area contributed by atoms with Crippen LogP contribution in [0.1, 0.15) is 18.7 Å². The van der Waals surface area contributed by atoms with Crippen molar-refractivity contribution in [2.24, 2.45) is 5.92 Å². The highest BCUT2D eigenvalue weighted by Gasteiger charge is 2.27. The molecule has 0 atom stereocenters. The molecule has 8 nitrogen and oxygen atoms in total. The molecule has 0 aliphatic carbocycles. The number of nitrogens with zero attached hydrogens (tertiary/aromatic N) is 3. The van der Waals surface area contributed by atoms with Crippen LogP contribution in [0.4, 0.5) is 5.69 Å². The Hall–Kier alpha value is -3.40. The smallest absolute Gasteiger partial charge is 0.241 e. The maximum Gasteiger partial charge on any atom is 0.241 e. The summed E-state index contributed by atoms with van der Waals surface area (Å²) in [6.07, 6.45) is 1.46. The lowest BCUT2D eigenvalue weighted by molar-refractivity contribution is -0.121. The minimum absolute atomic E-state index is 0.0470. The number of piperidine rings is 1. The molecule has 0 saturated carbocycles. The molecule has 0 bridgehead atoms. The number of hydrogen-bond donors (Lipinski definition) is 1. The van der Waals surface area contributed by atoms with Gasteiger partial charge in [-0.15, -0.1) is 11.3 Å². The van der Waals surface area contributed by atoms with Crippen LogP contribution < -0.4 is 14.8 Å². The third-order valence-electron chi connectivity index (χ3n) is 6.01. The van der Waals surface area contributed by atoms with Crippen LogP contribution in [0.25, 0.3) is 10.7 Å². The molecular weight excluding hydrogens is 500 g/mol. The Morgan fingerprint density at radius 1 is 1.17 bits per heavy atom. The summed E-state index contributed by atoms with van der Waals surface area (Å²) in [6.45, 7) is 2.10. The largest absolute Gasteiger partial charge is 0.497 e. The van der Waals surface area contributed by atoms with Gasteiger partial charge >= 0.3 is 0 Å². The molecule has 1 aliphatic heterocycles. The Morgan fingerprint density at radius 2 is 1.94 bits per heavy atom. The molecule has 10 heteroatoms. The van der Waals surface area contributed by atoms with Crippen LogP contribution in [0.15, 0.2) is 64.5 Å². The molecule has 0 radical (unpaired) electrons. The average Bonchev–Trinajstić information content (AvgIpc) is 3.59. The maximum atomic E-state index is 13.1. The van der Waals surface area contributed by atoms with Crippen molar-refractivity contribution >= 4 is 34.5 Å². The zero-order chi connectivity index (χ0) is 24.9. The monoisotopic (exact) mass is 524 g/mol. The van der Waals surface area contributed by atoms with Gasteiger partial charge < -0.3 is 19.3 Å². The lowest BCUT2D eigenvalue weighted by Gasteiger charge is -2.30. The molecule has 3 heterocycles. The summed E-state index contributed by atoms with van der Waals surface area (Å²) < 4.78 is 16.6. The van der Waals surface area contributed by atoms with Crippen molar-refractivity contribution < 1.29 is 18.8 Å². The summed E-state index contributed by atoms with van der Waals surface area (Å²) in [6, 6.07) is 16.4. The Labute approximate surface area is 217 Å². The molecule has 36 heavy (non-hydrogen) atoms. The van der Waals surface area contributed by atoms with Crippen molar-refractivity contribution in [1.82, 2.24) is 15.0 Å². The van der Waals surface area contributed by atoms with E-state index in [4.69, 9.17) is 25.6 Å². The second kappa shape index (κ2) is 11.1. The summed E-state index contributed by atoms with van der Waals surface area (Å²) in [5.41, 5.74) is 0.540. The zero-order valence-corrected chi connectivity index (χ0v) is 21.2. The highest BCUT2D eigenvalue weighted by molar-refractivity contribution is 7.13. The standard InChI is InChI=1S/C26H25ClN4O4S/c1-33-19-5-7-20(8-6-19)34-22-9-4-18(27)15-21(22)28-26(32)17-10-12-31(13-11-17)16-24-29-25(30-35-24)23-3-2-14-36-23/h2-9,14-15,17H,10-13,16H2,1H3,(H,28,32). The fourth-order valence-corrected chi connectivity index (χ4v) is 4.89. The highest BCUT2D eigenvalue weighted by Crippen LogP contribution is 2.34. The topological polar surface area (TPSA) is 89.7 Å². The van der Waals surface area contributed by atoms with Crippen LogP contribution in [0.3, 0.4) is 0 Å². The summed E-state index contributed by atoms with van der Waals surface area (Å²) >= 11 is 7.79. The Balaban J connectivity index is 1.17. The second-order valence-electron chi connectivity index (χ2n) is 8.45. The highest BCUT2D eigenvalue weighted by atomic mass is 35.5. The van der Waals surface area contributed by atoms with Gasteiger partial charge in [0.2, 0.25) is 17.6 Å². The van der Waals surface area contributed by atoms with E-state index in [0.717, 1.165) is 36.6 Å². The number of aromatic nitrogens is 2. The van der Waals surface area contributed by atoms with Crippen molar-refractivity contribution in [1.29, 1.82) is 0 Å². The number of anilines is 1. The summed E-state index contributed by atoms with van der Waals surface area (Å²) in [5, 5.41) is 9.59. The van der Waals surface area contributed by atoms with Crippen LogP contribution >= 0.6 is 22.9 Å². The predicted octanol–water partition coefficient (Wildman–Crippen LogP) is 6.10. The number of likely N-dealkylation sites (tertiary alicyclic amines) is 1. The molecule has 1 saturated heterocycles. The van der Waals surface area contributed by atoms with E-state index in [-0.39, 0.29) is 11.8 Å². The summed E-state index contributed by atoms with van der Waals surface area (Å²) in [5.74, 6) is 2.93. The van der Waals surface area contributed by atoms with Gasteiger partial charge in [0.15, 0.2) is 5.75 Å². The molecule has 2 aromatic carbocycles. The zero-order valence-electron chi connectivity index (χ0n) is 19.6. The van der Waals surface area contributed by atoms with E-state index in [0.29, 0.717) is 40.5 Å². The lowest BCUT2D eigenvalue weighted by atomic mass is 9.96. The fourth-order valence-electron chi connectivity index (χ4n) is 4.06. The van der Waals surface area contributed by atoms with E-state index < -0.39 is 0 Å². The van der Waals surface area contributed by atoms with Crippen LogP contribution in [0.5, 0.6) is 17.2 Å². The van der Waals surface area contributed by atoms with Gasteiger partial charge in [-0.3, -0.25) is 9.69 Å². The van der Waals surface area contributed by atoms with E-state index in [9.17, 15) is 4.79 Å². The van der Waals surface area contributed by atoms with Gasteiger partial charge in [0.25, 0.3) is 0 Å². The van der Waals surface area contributed by atoms with Crippen molar-refractivity contribution in [3.63, 3.8) is 0 Å². The molecule has 5 rings (SSSR count). The fraction of sp³-hybridized carbons (Fsp3) is 0.269. The van der Waals surface area contributed by atoms with Crippen LogP contribution in [0, 0.1) is 5.92 Å². The molecule has 4 aromatic rings. The SMILES string of the molecule is COc1ccc(Oc2ccc(Cl)cc2NC(=O)C2CCN(Cc3nc(-c4cccs4)no3)CC2)cc1.